The summed E-state index contributed by atoms with van der Waals surface area (Å²) in [5, 5.41) is 6.61. The fourth-order valence-electron chi connectivity index (χ4n) is 2.45. The van der Waals surface area contributed by atoms with Crippen molar-refractivity contribution in [3.63, 3.8) is 0 Å². The Kier molecular flexibility index (Phi) is 5.73. The van der Waals surface area contributed by atoms with Crippen LogP contribution in [0.25, 0.3) is 10.2 Å². The Morgan fingerprint density at radius 1 is 1.20 bits per heavy atom. The lowest BCUT2D eigenvalue weighted by molar-refractivity contribution is 0.0977. The zero-order valence-corrected chi connectivity index (χ0v) is 15.5. The molecule has 0 aliphatic carbocycles. The van der Waals surface area contributed by atoms with E-state index in [0.29, 0.717) is 10.7 Å². The summed E-state index contributed by atoms with van der Waals surface area (Å²) in [5.74, 6) is -0.235. The van der Waals surface area contributed by atoms with Gasteiger partial charge in [-0.25, -0.2) is 4.98 Å². The minimum Gasteiger partial charge on any atom is -0.308 e. The highest BCUT2D eigenvalue weighted by atomic mass is 32.1. The van der Waals surface area contributed by atoms with Crippen LogP contribution >= 0.6 is 23.6 Å². The van der Waals surface area contributed by atoms with Gasteiger partial charge < -0.3 is 5.32 Å². The third-order valence-electron chi connectivity index (χ3n) is 3.76. The highest BCUT2D eigenvalue weighted by Crippen LogP contribution is 2.27. The van der Waals surface area contributed by atoms with Crippen LogP contribution in [0.3, 0.4) is 0 Å². The number of amides is 1. The Labute approximate surface area is 156 Å². The van der Waals surface area contributed by atoms with Crippen molar-refractivity contribution in [3.8, 4) is 0 Å². The van der Waals surface area contributed by atoms with Crippen molar-refractivity contribution < 1.29 is 4.79 Å². The van der Waals surface area contributed by atoms with Crippen molar-refractivity contribution in [2.75, 3.05) is 5.32 Å². The van der Waals surface area contributed by atoms with Crippen molar-refractivity contribution in [3.05, 3.63) is 59.7 Å². The number of aromatic nitrogens is 1. The number of unbranched alkanes of at least 4 members (excludes halogenated alkanes) is 1. The van der Waals surface area contributed by atoms with Gasteiger partial charge in [0, 0.05) is 5.56 Å². The number of rotatable bonds is 5. The van der Waals surface area contributed by atoms with E-state index in [1.54, 1.807) is 12.1 Å². The summed E-state index contributed by atoms with van der Waals surface area (Å²) >= 11 is 6.76. The number of carbonyl (C=O) groups is 1. The molecule has 4 nitrogen and oxygen atoms in total. The molecule has 0 fully saturated rings. The molecule has 0 atom stereocenters. The maximum Gasteiger partial charge on any atom is 0.257 e. The number of thiazole rings is 1. The Morgan fingerprint density at radius 3 is 2.76 bits per heavy atom. The summed E-state index contributed by atoms with van der Waals surface area (Å²) in [7, 11) is 0. The van der Waals surface area contributed by atoms with Crippen LogP contribution in [0.1, 0.15) is 35.7 Å². The molecule has 0 aliphatic heterocycles. The van der Waals surface area contributed by atoms with Crippen molar-refractivity contribution in [2.45, 2.75) is 26.2 Å². The summed E-state index contributed by atoms with van der Waals surface area (Å²) in [5.41, 5.74) is 2.82. The molecule has 3 rings (SSSR count). The normalized spacial score (nSPS) is 10.6. The molecule has 128 valence electrons. The molecule has 1 aromatic heterocycles. The van der Waals surface area contributed by atoms with Crippen molar-refractivity contribution in [2.24, 2.45) is 0 Å². The number of aryl methyl sites for hydroxylation is 1. The Hall–Kier alpha value is -2.31. The van der Waals surface area contributed by atoms with Gasteiger partial charge in [0.15, 0.2) is 10.2 Å². The second kappa shape index (κ2) is 8.18. The number of hydrogen-bond donors (Lipinski definition) is 2. The van der Waals surface area contributed by atoms with Crippen molar-refractivity contribution in [1.29, 1.82) is 0 Å². The number of thiocarbonyl (C=S) groups is 1. The Morgan fingerprint density at radius 2 is 2.00 bits per heavy atom. The summed E-state index contributed by atoms with van der Waals surface area (Å²) < 4.78 is 1.12. The van der Waals surface area contributed by atoms with Crippen LogP contribution in [0.2, 0.25) is 0 Å². The second-order valence-electron chi connectivity index (χ2n) is 5.70. The van der Waals surface area contributed by atoms with E-state index in [1.807, 2.05) is 24.3 Å². The third kappa shape index (κ3) is 4.61. The number of nitrogens with zero attached hydrogens (tertiary/aromatic N) is 1. The van der Waals surface area contributed by atoms with E-state index in [-0.39, 0.29) is 11.0 Å². The first kappa shape index (κ1) is 17.5. The minimum absolute atomic E-state index is 0.235. The third-order valence-corrected chi connectivity index (χ3v) is 4.89. The quantitative estimate of drug-likeness (QED) is 0.636. The highest BCUT2D eigenvalue weighted by Gasteiger charge is 2.10. The lowest BCUT2D eigenvalue weighted by Crippen LogP contribution is -2.34. The maximum atomic E-state index is 12.1. The van der Waals surface area contributed by atoms with Crippen molar-refractivity contribution in [1.82, 2.24) is 10.3 Å². The molecule has 25 heavy (non-hydrogen) atoms. The predicted molar refractivity (Wildman–Crippen MR) is 108 cm³/mol. The van der Waals surface area contributed by atoms with E-state index >= 15 is 0 Å². The van der Waals surface area contributed by atoms with Gasteiger partial charge in [-0.3, -0.25) is 10.1 Å². The largest absolute Gasteiger partial charge is 0.308 e. The Balaban J connectivity index is 1.65. The zero-order valence-electron chi connectivity index (χ0n) is 13.9. The number of hydrogen-bond acceptors (Lipinski definition) is 4. The SMILES string of the molecule is CCCCc1ccc2nc(NC(=S)NC(=O)c3ccccc3)sc2c1. The zero-order chi connectivity index (χ0) is 17.6. The number of carbonyl (C=O) groups excluding carboxylic acids is 1. The number of fused-ring (bicyclic) bond motifs is 1. The van der Waals surface area contributed by atoms with Gasteiger partial charge in [-0.2, -0.15) is 0 Å². The van der Waals surface area contributed by atoms with Crippen LogP contribution in [-0.4, -0.2) is 16.0 Å². The van der Waals surface area contributed by atoms with Gasteiger partial charge >= 0.3 is 0 Å². The average molecular weight is 370 g/mol. The molecule has 0 spiro atoms. The first-order valence-electron chi connectivity index (χ1n) is 8.22. The summed E-state index contributed by atoms with van der Waals surface area (Å²) in [6, 6.07) is 15.3. The van der Waals surface area contributed by atoms with E-state index in [0.717, 1.165) is 16.6 Å². The predicted octanol–water partition coefficient (Wildman–Crippen LogP) is 4.77. The van der Waals surface area contributed by atoms with Crippen LogP contribution in [0, 0.1) is 0 Å². The standard InChI is InChI=1S/C19H19N3OS2/c1-2-3-7-13-10-11-15-16(12-13)25-19(20-15)22-18(24)21-17(23)14-8-5-4-6-9-14/h4-6,8-12H,2-3,7H2,1H3,(H2,20,21,22,23,24). The lowest BCUT2D eigenvalue weighted by atomic mass is 10.1. The molecule has 1 heterocycles. The molecule has 0 unspecified atom stereocenters. The van der Waals surface area contributed by atoms with Gasteiger partial charge in [-0.15, -0.1) is 0 Å². The monoisotopic (exact) mass is 369 g/mol. The number of nitrogens with one attached hydrogen (secondary N) is 2. The van der Waals surface area contributed by atoms with E-state index in [2.05, 4.69) is 34.7 Å². The van der Waals surface area contributed by atoms with Gasteiger partial charge in [0.25, 0.3) is 5.91 Å². The van der Waals surface area contributed by atoms with Crippen LogP contribution in [-0.2, 0) is 6.42 Å². The van der Waals surface area contributed by atoms with Crippen LogP contribution in [0.4, 0.5) is 5.13 Å². The maximum absolute atomic E-state index is 12.1. The van der Waals surface area contributed by atoms with E-state index in [4.69, 9.17) is 12.2 Å². The molecule has 3 aromatic rings. The van der Waals surface area contributed by atoms with Gasteiger partial charge in [0.2, 0.25) is 0 Å². The fourth-order valence-corrected chi connectivity index (χ4v) is 3.64. The molecule has 1 amide bonds. The second-order valence-corrected chi connectivity index (χ2v) is 7.14. The van der Waals surface area contributed by atoms with Gasteiger partial charge in [-0.1, -0.05) is 48.9 Å². The Bertz CT molecular complexity index is 890. The smallest absolute Gasteiger partial charge is 0.257 e. The molecule has 2 aromatic carbocycles. The number of anilines is 1. The highest BCUT2D eigenvalue weighted by molar-refractivity contribution is 7.80. The minimum atomic E-state index is -0.235. The molecule has 0 radical (unpaired) electrons. The molecule has 2 N–H and O–H groups in total. The van der Waals surface area contributed by atoms with Crippen LogP contribution in [0.5, 0.6) is 0 Å². The molecule has 6 heteroatoms. The molecular weight excluding hydrogens is 350 g/mol. The first-order chi connectivity index (χ1) is 12.2. The molecular formula is C19H19N3OS2. The van der Waals surface area contributed by atoms with Crippen molar-refractivity contribution >= 4 is 49.9 Å². The van der Waals surface area contributed by atoms with Crippen LogP contribution < -0.4 is 10.6 Å². The summed E-state index contributed by atoms with van der Waals surface area (Å²) in [4.78, 5) is 16.6. The van der Waals surface area contributed by atoms with E-state index in [9.17, 15) is 4.79 Å². The lowest BCUT2D eigenvalue weighted by Gasteiger charge is -2.06. The molecule has 0 saturated heterocycles. The van der Waals surface area contributed by atoms with Crippen LogP contribution in [0.15, 0.2) is 48.5 Å². The summed E-state index contributed by atoms with van der Waals surface area (Å²) in [6.45, 7) is 2.19. The molecule has 0 saturated carbocycles. The van der Waals surface area contributed by atoms with E-state index < -0.39 is 0 Å². The molecule has 0 aliphatic rings. The van der Waals surface area contributed by atoms with Gasteiger partial charge in [0.05, 0.1) is 10.2 Å². The molecule has 0 bridgehead atoms. The summed E-state index contributed by atoms with van der Waals surface area (Å²) in [6.07, 6.45) is 3.45. The van der Waals surface area contributed by atoms with Gasteiger partial charge in [0.1, 0.15) is 0 Å². The van der Waals surface area contributed by atoms with E-state index in [1.165, 1.54) is 29.7 Å². The first-order valence-corrected chi connectivity index (χ1v) is 9.45. The number of benzene rings is 2. The van der Waals surface area contributed by atoms with Gasteiger partial charge in [-0.05, 0) is 54.9 Å². The average Bonchev–Trinajstić information content (AvgIpc) is 3.01. The fraction of sp³-hybridized carbons (Fsp3) is 0.211. The topological polar surface area (TPSA) is 54.0 Å².